The van der Waals surface area contributed by atoms with Gasteiger partial charge in [0.05, 0.1) is 35.3 Å². The number of hydrogen-bond acceptors (Lipinski definition) is 7. The molecule has 0 bridgehead atoms. The van der Waals surface area contributed by atoms with Gasteiger partial charge in [0, 0.05) is 23.3 Å². The number of methoxy groups -OCH3 is 1. The van der Waals surface area contributed by atoms with Gasteiger partial charge in [0.25, 0.3) is 5.56 Å². The minimum Gasteiger partial charge on any atom is -0.497 e. The Hall–Kier alpha value is -4.35. The molecule has 0 saturated heterocycles. The van der Waals surface area contributed by atoms with Crippen molar-refractivity contribution in [1.29, 1.82) is 5.26 Å². The third-order valence-corrected chi connectivity index (χ3v) is 6.38. The average Bonchev–Trinajstić information content (AvgIpc) is 2.87. The van der Waals surface area contributed by atoms with E-state index in [0.29, 0.717) is 44.4 Å². The number of nitrogens with zero attached hydrogens (tertiary/aromatic N) is 3. The number of nitriles is 1. The fourth-order valence-corrected chi connectivity index (χ4v) is 4.72. The zero-order valence-electron chi connectivity index (χ0n) is 18.0. The smallest absolute Gasteiger partial charge is 0.336 e. The summed E-state index contributed by atoms with van der Waals surface area (Å²) in [4.78, 5) is 30.3. The van der Waals surface area contributed by atoms with E-state index in [-0.39, 0.29) is 5.56 Å². The van der Waals surface area contributed by atoms with Crippen LogP contribution in [0.15, 0.2) is 92.0 Å². The highest BCUT2D eigenvalue weighted by molar-refractivity contribution is 7.98. The quantitative estimate of drug-likeness (QED) is 0.211. The Kier molecular flexibility index (Phi) is 5.62. The normalized spacial score (nSPS) is 10.9. The van der Waals surface area contributed by atoms with Gasteiger partial charge in [0.1, 0.15) is 11.3 Å². The molecule has 2 heterocycles. The number of fused-ring (bicyclic) bond motifs is 2. The van der Waals surface area contributed by atoms with E-state index in [9.17, 15) is 9.59 Å². The largest absolute Gasteiger partial charge is 0.497 e. The zero-order valence-corrected chi connectivity index (χ0v) is 18.8. The van der Waals surface area contributed by atoms with E-state index in [1.807, 2.05) is 12.1 Å². The van der Waals surface area contributed by atoms with Crippen molar-refractivity contribution in [3.63, 3.8) is 0 Å². The van der Waals surface area contributed by atoms with Gasteiger partial charge in [-0.3, -0.25) is 9.36 Å². The van der Waals surface area contributed by atoms with E-state index in [4.69, 9.17) is 19.4 Å². The Balaban J connectivity index is 1.62. The Morgan fingerprint density at radius 3 is 2.59 bits per heavy atom. The van der Waals surface area contributed by atoms with Crippen molar-refractivity contribution in [2.45, 2.75) is 10.9 Å². The van der Waals surface area contributed by atoms with Crippen molar-refractivity contribution in [3.05, 3.63) is 105 Å². The van der Waals surface area contributed by atoms with Crippen LogP contribution in [0.3, 0.4) is 0 Å². The van der Waals surface area contributed by atoms with Crippen LogP contribution in [-0.4, -0.2) is 16.7 Å². The van der Waals surface area contributed by atoms with Crippen molar-refractivity contribution in [3.8, 4) is 17.5 Å². The van der Waals surface area contributed by atoms with Crippen LogP contribution in [0.5, 0.6) is 5.75 Å². The monoisotopic (exact) mass is 467 g/mol. The van der Waals surface area contributed by atoms with E-state index in [2.05, 4.69) is 6.07 Å². The standard InChI is InChI=1S/C26H17N3O4S/c1-32-19-10-11-20-17(12-24(30)33-23(20)13-19)15-34-26-28-22-5-3-2-4-21(22)25(31)29(26)18-8-6-16(14-27)7-9-18/h2-13H,15H2,1H3. The molecular weight excluding hydrogens is 450 g/mol. The van der Waals surface area contributed by atoms with Crippen molar-refractivity contribution in [2.24, 2.45) is 0 Å². The molecule has 0 aliphatic carbocycles. The lowest BCUT2D eigenvalue weighted by Crippen LogP contribution is -2.21. The Bertz CT molecular complexity index is 1700. The Morgan fingerprint density at radius 1 is 1.03 bits per heavy atom. The molecular formula is C26H17N3O4S. The van der Waals surface area contributed by atoms with Gasteiger partial charge in [-0.05, 0) is 54.1 Å². The van der Waals surface area contributed by atoms with Crippen LogP contribution in [-0.2, 0) is 5.75 Å². The van der Waals surface area contributed by atoms with Crippen molar-refractivity contribution in [2.75, 3.05) is 7.11 Å². The molecule has 0 radical (unpaired) electrons. The summed E-state index contributed by atoms with van der Waals surface area (Å²) in [6.07, 6.45) is 0. The van der Waals surface area contributed by atoms with Gasteiger partial charge in [0.2, 0.25) is 0 Å². The van der Waals surface area contributed by atoms with E-state index < -0.39 is 5.63 Å². The molecule has 8 heteroatoms. The number of benzene rings is 3. The van der Waals surface area contributed by atoms with Gasteiger partial charge in [0.15, 0.2) is 5.16 Å². The topological polar surface area (TPSA) is 98.1 Å². The van der Waals surface area contributed by atoms with Crippen LogP contribution in [0.4, 0.5) is 0 Å². The van der Waals surface area contributed by atoms with Crippen molar-refractivity contribution >= 4 is 33.6 Å². The SMILES string of the molecule is COc1ccc2c(CSc3nc4ccccc4c(=O)n3-c3ccc(C#N)cc3)cc(=O)oc2c1. The molecule has 0 fully saturated rings. The molecule has 0 aliphatic rings. The Morgan fingerprint density at radius 2 is 1.82 bits per heavy atom. The minimum atomic E-state index is -0.465. The first-order valence-electron chi connectivity index (χ1n) is 10.3. The summed E-state index contributed by atoms with van der Waals surface area (Å²) >= 11 is 1.34. The second-order valence-corrected chi connectivity index (χ2v) is 8.39. The fraction of sp³-hybridized carbons (Fsp3) is 0.0769. The molecule has 0 saturated carbocycles. The third kappa shape index (κ3) is 3.93. The molecule has 0 amide bonds. The highest BCUT2D eigenvalue weighted by atomic mass is 32.2. The summed E-state index contributed by atoms with van der Waals surface area (Å²) in [6, 6.07) is 22.8. The van der Waals surface area contributed by atoms with Crippen molar-refractivity contribution in [1.82, 2.24) is 9.55 Å². The highest BCUT2D eigenvalue weighted by Crippen LogP contribution is 2.29. The van der Waals surface area contributed by atoms with Crippen molar-refractivity contribution < 1.29 is 9.15 Å². The molecule has 0 N–H and O–H groups in total. The predicted octanol–water partition coefficient (Wildman–Crippen LogP) is 4.66. The second-order valence-electron chi connectivity index (χ2n) is 7.45. The second kappa shape index (κ2) is 8.89. The molecule has 0 atom stereocenters. The lowest BCUT2D eigenvalue weighted by Gasteiger charge is -2.14. The minimum absolute atomic E-state index is 0.208. The highest BCUT2D eigenvalue weighted by Gasteiger charge is 2.15. The first kappa shape index (κ1) is 21.5. The van der Waals surface area contributed by atoms with Gasteiger partial charge in [-0.15, -0.1) is 0 Å². The lowest BCUT2D eigenvalue weighted by molar-refractivity contribution is 0.414. The average molecular weight is 468 g/mol. The molecule has 3 aromatic carbocycles. The molecule has 0 unspecified atom stereocenters. The summed E-state index contributed by atoms with van der Waals surface area (Å²) < 4.78 is 12.1. The van der Waals surface area contributed by atoms with Gasteiger partial charge in [-0.1, -0.05) is 23.9 Å². The van der Waals surface area contributed by atoms with E-state index >= 15 is 0 Å². The maximum Gasteiger partial charge on any atom is 0.336 e. The molecule has 0 spiro atoms. The van der Waals surface area contributed by atoms with E-state index in [0.717, 1.165) is 10.9 Å². The van der Waals surface area contributed by atoms with Gasteiger partial charge in [-0.2, -0.15) is 5.26 Å². The summed E-state index contributed by atoms with van der Waals surface area (Å²) in [5.41, 5.74) is 2.20. The maximum absolute atomic E-state index is 13.4. The molecule has 5 aromatic rings. The first-order chi connectivity index (χ1) is 16.6. The van der Waals surface area contributed by atoms with Crippen LogP contribution in [0.1, 0.15) is 11.1 Å². The van der Waals surface area contributed by atoms with Crippen LogP contribution in [0.2, 0.25) is 0 Å². The zero-order chi connectivity index (χ0) is 23.7. The summed E-state index contributed by atoms with van der Waals surface area (Å²) in [5.74, 6) is 0.974. The predicted molar refractivity (Wildman–Crippen MR) is 131 cm³/mol. The number of ether oxygens (including phenoxy) is 1. The van der Waals surface area contributed by atoms with Crippen LogP contribution >= 0.6 is 11.8 Å². The number of hydrogen-bond donors (Lipinski definition) is 0. The number of aromatic nitrogens is 2. The van der Waals surface area contributed by atoms with E-state index in [1.165, 1.54) is 22.4 Å². The third-order valence-electron chi connectivity index (χ3n) is 5.39. The van der Waals surface area contributed by atoms with Crippen LogP contribution < -0.4 is 15.9 Å². The summed E-state index contributed by atoms with van der Waals surface area (Å²) in [6.45, 7) is 0. The van der Waals surface area contributed by atoms with Crippen LogP contribution in [0, 0.1) is 11.3 Å². The number of rotatable bonds is 5. The lowest BCUT2D eigenvalue weighted by atomic mass is 10.1. The fourth-order valence-electron chi connectivity index (χ4n) is 3.72. The molecule has 0 aliphatic heterocycles. The van der Waals surface area contributed by atoms with E-state index in [1.54, 1.807) is 61.7 Å². The van der Waals surface area contributed by atoms with Gasteiger partial charge in [-0.25, -0.2) is 9.78 Å². The van der Waals surface area contributed by atoms with Gasteiger partial charge < -0.3 is 9.15 Å². The molecule has 7 nitrogen and oxygen atoms in total. The first-order valence-corrected chi connectivity index (χ1v) is 11.3. The Labute approximate surface area is 197 Å². The van der Waals surface area contributed by atoms with Gasteiger partial charge >= 0.3 is 5.63 Å². The number of para-hydroxylation sites is 1. The number of thioether (sulfide) groups is 1. The molecule has 5 rings (SSSR count). The van der Waals surface area contributed by atoms with Crippen LogP contribution in [0.25, 0.3) is 27.6 Å². The molecule has 166 valence electrons. The summed E-state index contributed by atoms with van der Waals surface area (Å²) in [7, 11) is 1.55. The molecule has 2 aromatic heterocycles. The maximum atomic E-state index is 13.4. The molecule has 34 heavy (non-hydrogen) atoms. The summed E-state index contributed by atoms with van der Waals surface area (Å²) in [5, 5.41) is 10.9.